The number of nitrogens with zero attached hydrogens (tertiary/aromatic N) is 1. The maximum atomic E-state index is 12.2. The minimum absolute atomic E-state index is 0.106. The topological polar surface area (TPSA) is 60.2 Å². The molecule has 26 heavy (non-hydrogen) atoms. The van der Waals surface area contributed by atoms with Crippen LogP contribution >= 0.6 is 0 Å². The molecule has 0 spiro atoms. The van der Waals surface area contributed by atoms with E-state index in [9.17, 15) is 14.9 Å². The molecule has 2 aliphatic rings. The van der Waals surface area contributed by atoms with Crippen LogP contribution in [0.2, 0.25) is 5.32 Å². The third-order valence-corrected chi connectivity index (χ3v) is 9.11. The number of hydrogen-bond acceptors (Lipinski definition) is 3. The molecule has 0 heterocycles. The molecule has 0 amide bonds. The number of fused-ring (bicyclic) bond motifs is 1. The van der Waals surface area contributed by atoms with Gasteiger partial charge in [-0.15, -0.1) is 0 Å². The summed E-state index contributed by atoms with van der Waals surface area (Å²) in [4.78, 5) is 23.1. The first kappa shape index (κ1) is 19.3. The standard InChI is InChI=1S/C21H27NO3Se/c1-13-8-9-16(10-18-15(3)20(23)11-17(13)18)14(2)12-26-21-7-5-4-6-19(21)22(24)25/h4-7,13-14,16-17H,8-12H2,1-3H3/t13-,14+,16+,17-/m0/s1. The average Bonchev–Trinajstić information content (AvgIpc) is 2.80. The molecule has 5 heteroatoms. The number of allylic oxidation sites excluding steroid dienone is 2. The summed E-state index contributed by atoms with van der Waals surface area (Å²) >= 11 is 0.106. The predicted molar refractivity (Wildman–Crippen MR) is 105 cm³/mol. The average molecular weight is 420 g/mol. The van der Waals surface area contributed by atoms with Crippen LogP contribution in [0.5, 0.6) is 0 Å². The maximum absolute atomic E-state index is 12.2. The first-order valence-electron chi connectivity index (χ1n) is 9.47. The molecule has 0 unspecified atom stereocenters. The van der Waals surface area contributed by atoms with Gasteiger partial charge in [-0.2, -0.15) is 0 Å². The summed E-state index contributed by atoms with van der Waals surface area (Å²) in [5.41, 5.74) is 2.69. The third-order valence-electron chi connectivity index (χ3n) is 6.28. The summed E-state index contributed by atoms with van der Waals surface area (Å²) in [6.07, 6.45) is 4.14. The molecule has 0 aliphatic heterocycles. The van der Waals surface area contributed by atoms with Gasteiger partial charge in [-0.3, -0.25) is 0 Å². The molecule has 3 rings (SSSR count). The fourth-order valence-corrected chi connectivity index (χ4v) is 6.89. The number of hydrogen-bond donors (Lipinski definition) is 0. The third kappa shape index (κ3) is 3.94. The molecule has 0 bridgehead atoms. The summed E-state index contributed by atoms with van der Waals surface area (Å²) in [6.45, 7) is 6.59. The Morgan fingerprint density at radius 3 is 2.73 bits per heavy atom. The van der Waals surface area contributed by atoms with Crippen molar-refractivity contribution in [3.05, 3.63) is 45.5 Å². The molecule has 4 nitrogen and oxygen atoms in total. The summed E-state index contributed by atoms with van der Waals surface area (Å²) in [7, 11) is 0. The summed E-state index contributed by atoms with van der Waals surface area (Å²) in [6, 6.07) is 7.14. The molecule has 1 saturated carbocycles. The minimum atomic E-state index is -0.266. The van der Waals surface area contributed by atoms with Gasteiger partial charge in [-0.1, -0.05) is 0 Å². The van der Waals surface area contributed by atoms with Gasteiger partial charge in [0, 0.05) is 0 Å². The van der Waals surface area contributed by atoms with Crippen molar-refractivity contribution in [1.29, 1.82) is 0 Å². The number of para-hydroxylation sites is 1. The van der Waals surface area contributed by atoms with E-state index in [1.807, 2.05) is 19.1 Å². The van der Waals surface area contributed by atoms with Crippen LogP contribution in [-0.4, -0.2) is 25.7 Å². The number of ketones is 1. The van der Waals surface area contributed by atoms with E-state index in [1.54, 1.807) is 12.1 Å². The molecule has 0 N–H and O–H groups in total. The molecule has 1 fully saturated rings. The van der Waals surface area contributed by atoms with Crippen LogP contribution in [0.1, 0.15) is 46.5 Å². The van der Waals surface area contributed by atoms with Crippen LogP contribution in [-0.2, 0) is 4.79 Å². The van der Waals surface area contributed by atoms with Gasteiger partial charge in [0.25, 0.3) is 0 Å². The number of carbonyl (C=O) groups is 1. The van der Waals surface area contributed by atoms with Crippen molar-refractivity contribution in [1.82, 2.24) is 0 Å². The Hall–Kier alpha value is -1.45. The van der Waals surface area contributed by atoms with Gasteiger partial charge >= 0.3 is 162 Å². The second kappa shape index (κ2) is 8.06. The fraction of sp³-hybridized carbons (Fsp3) is 0.571. The first-order chi connectivity index (χ1) is 12.4. The number of nitro groups is 1. The second-order valence-electron chi connectivity index (χ2n) is 7.92. The van der Waals surface area contributed by atoms with Crippen LogP contribution < -0.4 is 4.46 Å². The Bertz CT molecular complexity index is 743. The van der Waals surface area contributed by atoms with Gasteiger partial charge in [0.1, 0.15) is 0 Å². The fourth-order valence-electron chi connectivity index (χ4n) is 4.42. The number of nitro benzene ring substituents is 1. The van der Waals surface area contributed by atoms with E-state index in [2.05, 4.69) is 13.8 Å². The molecule has 140 valence electrons. The summed E-state index contributed by atoms with van der Waals surface area (Å²) < 4.78 is 0.892. The first-order valence-corrected chi connectivity index (χ1v) is 11.5. The molecule has 4 atom stereocenters. The Balaban J connectivity index is 1.69. The van der Waals surface area contributed by atoms with Crippen molar-refractivity contribution < 1.29 is 9.72 Å². The zero-order chi connectivity index (χ0) is 18.8. The van der Waals surface area contributed by atoms with E-state index in [-0.39, 0.29) is 25.6 Å². The monoisotopic (exact) mass is 421 g/mol. The Labute approximate surface area is 161 Å². The van der Waals surface area contributed by atoms with Crippen LogP contribution in [0.4, 0.5) is 5.69 Å². The van der Waals surface area contributed by atoms with Gasteiger partial charge in [0.2, 0.25) is 0 Å². The zero-order valence-corrected chi connectivity index (χ0v) is 17.4. The molecule has 0 saturated heterocycles. The van der Waals surface area contributed by atoms with Gasteiger partial charge in [-0.05, 0) is 0 Å². The number of benzene rings is 1. The predicted octanol–water partition coefficient (Wildman–Crippen LogP) is 4.32. The quantitative estimate of drug-likeness (QED) is 0.405. The molecule has 2 aliphatic carbocycles. The van der Waals surface area contributed by atoms with E-state index in [0.29, 0.717) is 35.9 Å². The second-order valence-corrected chi connectivity index (χ2v) is 10.1. The number of carbonyl (C=O) groups excluding carboxylic acids is 1. The van der Waals surface area contributed by atoms with Crippen molar-refractivity contribution in [3.8, 4) is 0 Å². The molecule has 0 aromatic heterocycles. The SMILES string of the molecule is CC1=C2C[C@H]([C@H](C)C[Se]c3ccccc3[N+](=O)[O-])CC[C@H](C)[C@@H]2CC1=O. The van der Waals surface area contributed by atoms with Crippen LogP contribution in [0.25, 0.3) is 0 Å². The van der Waals surface area contributed by atoms with Gasteiger partial charge in [-0.25, -0.2) is 0 Å². The van der Waals surface area contributed by atoms with Crippen LogP contribution in [0.15, 0.2) is 35.4 Å². The number of Topliss-reactive ketones (excluding diaryl/α,β-unsaturated/α-hetero) is 1. The Morgan fingerprint density at radius 1 is 1.27 bits per heavy atom. The molecular weight excluding hydrogens is 393 g/mol. The Morgan fingerprint density at radius 2 is 2.00 bits per heavy atom. The van der Waals surface area contributed by atoms with E-state index in [4.69, 9.17) is 0 Å². The summed E-state index contributed by atoms with van der Waals surface area (Å²) in [5.74, 6) is 2.50. The molecular formula is C21H27NO3Se. The van der Waals surface area contributed by atoms with E-state index in [1.165, 1.54) is 18.4 Å². The van der Waals surface area contributed by atoms with Gasteiger partial charge in [0.05, 0.1) is 0 Å². The normalized spacial score (nSPS) is 27.2. The molecule has 1 aromatic carbocycles. The van der Waals surface area contributed by atoms with Crippen LogP contribution in [0.3, 0.4) is 0 Å². The van der Waals surface area contributed by atoms with E-state index < -0.39 is 0 Å². The van der Waals surface area contributed by atoms with E-state index >= 15 is 0 Å². The van der Waals surface area contributed by atoms with Gasteiger partial charge in [0.15, 0.2) is 0 Å². The van der Waals surface area contributed by atoms with Crippen LogP contribution in [0, 0.1) is 33.8 Å². The molecule has 0 radical (unpaired) electrons. The van der Waals surface area contributed by atoms with Gasteiger partial charge < -0.3 is 0 Å². The number of rotatable bonds is 5. The Kier molecular flexibility index (Phi) is 5.99. The van der Waals surface area contributed by atoms with Crippen molar-refractivity contribution >= 4 is 30.9 Å². The summed E-state index contributed by atoms with van der Waals surface area (Å²) in [5, 5.41) is 12.2. The van der Waals surface area contributed by atoms with Crippen molar-refractivity contribution in [2.45, 2.75) is 51.8 Å². The molecule has 1 aromatic rings. The van der Waals surface area contributed by atoms with Crippen molar-refractivity contribution in [2.75, 3.05) is 0 Å². The zero-order valence-electron chi connectivity index (χ0n) is 15.7. The van der Waals surface area contributed by atoms with Crippen molar-refractivity contribution in [2.24, 2.45) is 23.7 Å². The van der Waals surface area contributed by atoms with E-state index in [0.717, 1.165) is 21.8 Å². The van der Waals surface area contributed by atoms with Crippen molar-refractivity contribution in [3.63, 3.8) is 0 Å².